The molecule has 0 N–H and O–H groups in total. The standard InChI is InChI=1S/C19H19ClN4O3S2/c1-23-18(29-3)21-24(19(23)26)9-11-5-4-6-12(14(11)20)15(25)13-16(10-7-8-10)27-22-17(13)28-2/h4-6,10H,7-9H2,1-3H3. The fraction of sp³-hybridized carbons (Fsp3) is 0.368. The zero-order valence-corrected chi connectivity index (χ0v) is 18.5. The summed E-state index contributed by atoms with van der Waals surface area (Å²) in [6, 6.07) is 5.25. The lowest BCUT2D eigenvalue weighted by Gasteiger charge is -2.09. The maximum absolute atomic E-state index is 13.3. The molecule has 4 rings (SSSR count). The average molecular weight is 451 g/mol. The Kier molecular flexibility index (Phi) is 5.63. The van der Waals surface area contributed by atoms with Crippen LogP contribution in [0.2, 0.25) is 5.02 Å². The molecular formula is C19H19ClN4O3S2. The van der Waals surface area contributed by atoms with Crippen LogP contribution in [0.25, 0.3) is 0 Å². The lowest BCUT2D eigenvalue weighted by Crippen LogP contribution is -2.24. The van der Waals surface area contributed by atoms with E-state index in [0.717, 1.165) is 12.8 Å². The van der Waals surface area contributed by atoms with E-state index in [1.165, 1.54) is 32.8 Å². The van der Waals surface area contributed by atoms with Crippen molar-refractivity contribution < 1.29 is 9.32 Å². The molecule has 1 fully saturated rings. The molecule has 10 heteroatoms. The third kappa shape index (κ3) is 3.67. The number of ketones is 1. The summed E-state index contributed by atoms with van der Waals surface area (Å²) in [5.41, 5.74) is 1.29. The summed E-state index contributed by atoms with van der Waals surface area (Å²) in [4.78, 5) is 25.7. The van der Waals surface area contributed by atoms with Crippen molar-refractivity contribution in [2.24, 2.45) is 7.05 Å². The lowest BCUT2D eigenvalue weighted by molar-refractivity contribution is 0.103. The van der Waals surface area contributed by atoms with E-state index < -0.39 is 0 Å². The first kappa shape index (κ1) is 20.3. The van der Waals surface area contributed by atoms with Gasteiger partial charge in [0.2, 0.25) is 5.78 Å². The summed E-state index contributed by atoms with van der Waals surface area (Å²) in [7, 11) is 1.68. The SMILES string of the molecule is CSc1noc(C2CC2)c1C(=O)c1cccc(Cn2nc(SC)n(C)c2=O)c1Cl. The van der Waals surface area contributed by atoms with Crippen molar-refractivity contribution in [3.05, 3.63) is 56.2 Å². The van der Waals surface area contributed by atoms with Crippen LogP contribution in [0.1, 0.15) is 46.0 Å². The first-order valence-electron chi connectivity index (χ1n) is 8.99. The van der Waals surface area contributed by atoms with E-state index in [2.05, 4.69) is 10.3 Å². The molecule has 152 valence electrons. The van der Waals surface area contributed by atoms with Gasteiger partial charge in [0.05, 0.1) is 17.1 Å². The highest BCUT2D eigenvalue weighted by Gasteiger charge is 2.35. The van der Waals surface area contributed by atoms with E-state index in [-0.39, 0.29) is 23.9 Å². The number of halogens is 1. The number of rotatable bonds is 7. The van der Waals surface area contributed by atoms with Gasteiger partial charge in [-0.25, -0.2) is 9.48 Å². The number of thioether (sulfide) groups is 2. The second kappa shape index (κ2) is 8.04. The molecule has 2 heterocycles. The monoisotopic (exact) mass is 450 g/mol. The molecule has 1 aliphatic rings. The van der Waals surface area contributed by atoms with Crippen molar-refractivity contribution in [3.8, 4) is 0 Å². The second-order valence-electron chi connectivity index (χ2n) is 6.80. The van der Waals surface area contributed by atoms with Crippen LogP contribution < -0.4 is 5.69 Å². The fourth-order valence-electron chi connectivity index (χ4n) is 3.18. The molecule has 0 bridgehead atoms. The third-order valence-corrected chi connectivity index (χ3v) is 6.72. The summed E-state index contributed by atoms with van der Waals surface area (Å²) in [6.07, 6.45) is 5.72. The normalized spacial score (nSPS) is 13.8. The molecule has 3 aromatic rings. The molecule has 1 saturated carbocycles. The van der Waals surface area contributed by atoms with Crippen LogP contribution in [0.3, 0.4) is 0 Å². The highest BCUT2D eigenvalue weighted by molar-refractivity contribution is 7.98. The number of aromatic nitrogens is 4. The molecule has 0 radical (unpaired) electrons. The summed E-state index contributed by atoms with van der Waals surface area (Å²) in [6.45, 7) is 0.182. The number of hydrogen-bond donors (Lipinski definition) is 0. The van der Waals surface area contributed by atoms with Gasteiger partial charge in [0, 0.05) is 18.5 Å². The Morgan fingerprint density at radius 3 is 2.69 bits per heavy atom. The van der Waals surface area contributed by atoms with Gasteiger partial charge in [-0.2, -0.15) is 0 Å². The smallest absolute Gasteiger partial charge is 0.346 e. The number of benzene rings is 1. The van der Waals surface area contributed by atoms with Crippen LogP contribution in [0.5, 0.6) is 0 Å². The topological polar surface area (TPSA) is 82.9 Å². The number of nitrogens with zero attached hydrogens (tertiary/aromatic N) is 4. The molecule has 2 aromatic heterocycles. The molecule has 0 amide bonds. The van der Waals surface area contributed by atoms with Crippen molar-refractivity contribution in [2.45, 2.75) is 35.5 Å². The zero-order valence-electron chi connectivity index (χ0n) is 16.1. The molecule has 0 saturated heterocycles. The van der Waals surface area contributed by atoms with Gasteiger partial charge in [-0.3, -0.25) is 9.36 Å². The molecule has 1 aliphatic carbocycles. The van der Waals surface area contributed by atoms with Crippen molar-refractivity contribution >= 4 is 40.9 Å². The minimum Gasteiger partial charge on any atom is -0.359 e. The number of carbonyl (C=O) groups excluding carboxylic acids is 1. The summed E-state index contributed by atoms with van der Waals surface area (Å²) in [5, 5.41) is 9.88. The summed E-state index contributed by atoms with van der Waals surface area (Å²) < 4.78 is 8.30. The Balaban J connectivity index is 1.72. The minimum atomic E-state index is -0.234. The van der Waals surface area contributed by atoms with Crippen LogP contribution >= 0.6 is 35.1 Å². The Hall–Kier alpha value is -1.97. The van der Waals surface area contributed by atoms with Crippen LogP contribution in [0, 0.1) is 0 Å². The highest BCUT2D eigenvalue weighted by Crippen LogP contribution is 2.44. The summed E-state index contributed by atoms with van der Waals surface area (Å²) >= 11 is 9.38. The first-order chi connectivity index (χ1) is 14.0. The number of hydrogen-bond acceptors (Lipinski definition) is 7. The Morgan fingerprint density at radius 1 is 1.31 bits per heavy atom. The van der Waals surface area contributed by atoms with Crippen molar-refractivity contribution in [2.75, 3.05) is 12.5 Å². The Morgan fingerprint density at radius 2 is 2.07 bits per heavy atom. The highest BCUT2D eigenvalue weighted by atomic mass is 35.5. The van der Waals surface area contributed by atoms with E-state index in [9.17, 15) is 9.59 Å². The molecule has 0 aliphatic heterocycles. The van der Waals surface area contributed by atoms with Gasteiger partial charge in [0.1, 0.15) is 0 Å². The maximum Gasteiger partial charge on any atom is 0.346 e. The van der Waals surface area contributed by atoms with Crippen molar-refractivity contribution in [3.63, 3.8) is 0 Å². The van der Waals surface area contributed by atoms with Gasteiger partial charge < -0.3 is 4.52 Å². The van der Waals surface area contributed by atoms with Gasteiger partial charge >= 0.3 is 5.69 Å². The van der Waals surface area contributed by atoms with Crippen molar-refractivity contribution in [1.82, 2.24) is 19.5 Å². The molecule has 29 heavy (non-hydrogen) atoms. The first-order valence-corrected chi connectivity index (χ1v) is 11.8. The minimum absolute atomic E-state index is 0.182. The van der Waals surface area contributed by atoms with E-state index in [1.807, 2.05) is 12.5 Å². The van der Waals surface area contributed by atoms with E-state index >= 15 is 0 Å². The van der Waals surface area contributed by atoms with Crippen LogP contribution in [0.4, 0.5) is 0 Å². The van der Waals surface area contributed by atoms with E-state index in [4.69, 9.17) is 16.1 Å². The number of carbonyl (C=O) groups is 1. The lowest BCUT2D eigenvalue weighted by atomic mass is 10.0. The predicted octanol–water partition coefficient (Wildman–Crippen LogP) is 3.82. The molecule has 0 unspecified atom stereocenters. The van der Waals surface area contributed by atoms with E-state index in [1.54, 1.807) is 25.2 Å². The van der Waals surface area contributed by atoms with Gasteiger partial charge in [-0.05, 0) is 37.0 Å². The quantitative estimate of drug-likeness (QED) is 0.399. The Labute approximate surface area is 180 Å². The zero-order chi connectivity index (χ0) is 20.7. The maximum atomic E-state index is 13.3. The fourth-order valence-corrected chi connectivity index (χ4v) is 4.49. The van der Waals surface area contributed by atoms with Crippen molar-refractivity contribution in [1.29, 1.82) is 0 Å². The second-order valence-corrected chi connectivity index (χ2v) is 8.75. The van der Waals surface area contributed by atoms with Gasteiger partial charge in [0.25, 0.3) is 0 Å². The molecule has 0 spiro atoms. The molecule has 0 atom stereocenters. The predicted molar refractivity (Wildman–Crippen MR) is 113 cm³/mol. The third-order valence-electron chi connectivity index (χ3n) is 4.88. The average Bonchev–Trinajstić information content (AvgIpc) is 3.42. The van der Waals surface area contributed by atoms with E-state index in [0.29, 0.717) is 37.7 Å². The van der Waals surface area contributed by atoms with Crippen LogP contribution in [-0.4, -0.2) is 37.8 Å². The molecule has 1 aromatic carbocycles. The summed E-state index contributed by atoms with van der Waals surface area (Å²) in [5.74, 6) is 0.690. The van der Waals surface area contributed by atoms with Crippen LogP contribution in [-0.2, 0) is 13.6 Å². The van der Waals surface area contributed by atoms with Gasteiger partial charge in [-0.15, -0.1) is 16.9 Å². The molecular weight excluding hydrogens is 432 g/mol. The largest absolute Gasteiger partial charge is 0.359 e. The molecule has 7 nitrogen and oxygen atoms in total. The Bertz CT molecular complexity index is 1150. The van der Waals surface area contributed by atoms with Crippen LogP contribution in [0.15, 0.2) is 37.7 Å². The van der Waals surface area contributed by atoms with Gasteiger partial charge in [0.15, 0.2) is 15.9 Å². The van der Waals surface area contributed by atoms with Gasteiger partial charge in [-0.1, -0.05) is 40.7 Å².